The third-order valence-electron chi connectivity index (χ3n) is 3.84. The second-order valence-electron chi connectivity index (χ2n) is 5.24. The second kappa shape index (κ2) is 5.34. The molecule has 3 heterocycles. The van der Waals surface area contributed by atoms with Gasteiger partial charge in [-0.05, 0) is 13.3 Å². The quantitative estimate of drug-likeness (QED) is 0.895. The third-order valence-corrected chi connectivity index (χ3v) is 6.14. The smallest absolute Gasteiger partial charge is 0.248 e. The highest BCUT2D eigenvalue weighted by Gasteiger charge is 2.52. The van der Waals surface area contributed by atoms with Crippen molar-refractivity contribution in [2.75, 3.05) is 11.1 Å². The van der Waals surface area contributed by atoms with E-state index in [9.17, 15) is 9.59 Å². The van der Waals surface area contributed by atoms with Crippen LogP contribution in [-0.2, 0) is 9.59 Å². The van der Waals surface area contributed by atoms with E-state index in [2.05, 4.69) is 10.3 Å². The average molecular weight is 346 g/mol. The summed E-state index contributed by atoms with van der Waals surface area (Å²) in [5, 5.41) is 3.24. The van der Waals surface area contributed by atoms with Crippen LogP contribution in [0.4, 0.5) is 5.69 Å². The molecule has 1 aromatic rings. The summed E-state index contributed by atoms with van der Waals surface area (Å²) in [6.07, 6.45) is 4.12. The fourth-order valence-corrected chi connectivity index (χ4v) is 4.47. The number of anilines is 1. The molecule has 0 unspecified atom stereocenters. The number of nitrogens with zero attached hydrogens (tertiary/aromatic N) is 2. The average Bonchev–Trinajstić information content (AvgIpc) is 2.92. The lowest BCUT2D eigenvalue weighted by Gasteiger charge is -2.29. The van der Waals surface area contributed by atoms with Gasteiger partial charge in [-0.3, -0.25) is 14.6 Å². The van der Waals surface area contributed by atoms with Crippen molar-refractivity contribution in [1.82, 2.24) is 9.88 Å². The monoisotopic (exact) mass is 345 g/mol. The fraction of sp³-hybridized carbons (Fsp3) is 0.462. The Bertz CT molecular complexity index is 627. The fourth-order valence-electron chi connectivity index (χ4n) is 2.74. The molecule has 2 aliphatic rings. The van der Waals surface area contributed by atoms with Crippen LogP contribution < -0.4 is 5.32 Å². The van der Waals surface area contributed by atoms with E-state index in [0.717, 1.165) is 6.42 Å². The molecule has 0 aliphatic carbocycles. The van der Waals surface area contributed by atoms with E-state index in [0.29, 0.717) is 17.9 Å². The van der Waals surface area contributed by atoms with Gasteiger partial charge in [0.05, 0.1) is 26.8 Å². The minimum atomic E-state index is -0.481. The maximum absolute atomic E-state index is 12.5. The van der Waals surface area contributed by atoms with Gasteiger partial charge in [-0.15, -0.1) is 11.8 Å². The van der Waals surface area contributed by atoms with Crippen LogP contribution in [0.1, 0.15) is 19.8 Å². The molecule has 2 aliphatic heterocycles. The summed E-state index contributed by atoms with van der Waals surface area (Å²) in [6, 6.07) is -0.481. The largest absolute Gasteiger partial charge is 0.322 e. The number of thioether (sulfide) groups is 1. The minimum Gasteiger partial charge on any atom is -0.322 e. The number of hydrogen-bond donors (Lipinski definition) is 1. The first-order valence-electron chi connectivity index (χ1n) is 6.48. The van der Waals surface area contributed by atoms with Crippen molar-refractivity contribution in [1.29, 1.82) is 0 Å². The molecule has 112 valence electrons. The summed E-state index contributed by atoms with van der Waals surface area (Å²) in [5.41, 5.74) is 0.361. The lowest BCUT2D eigenvalue weighted by molar-refractivity contribution is -0.135. The number of carbonyl (C=O) groups is 2. The van der Waals surface area contributed by atoms with E-state index >= 15 is 0 Å². The Balaban J connectivity index is 1.80. The maximum Gasteiger partial charge on any atom is 0.248 e. The normalized spacial score (nSPS) is 27.9. The zero-order chi connectivity index (χ0) is 15.2. The molecule has 8 heteroatoms. The molecule has 2 fully saturated rings. The van der Waals surface area contributed by atoms with E-state index in [1.165, 1.54) is 12.4 Å². The highest BCUT2D eigenvalue weighted by Crippen LogP contribution is 2.47. The predicted octanol–water partition coefficient (Wildman–Crippen LogP) is 2.78. The molecule has 2 saturated heterocycles. The summed E-state index contributed by atoms with van der Waals surface area (Å²) in [4.78, 5) is 29.8. The Hall–Kier alpha value is -0.980. The van der Waals surface area contributed by atoms with Crippen molar-refractivity contribution in [2.45, 2.75) is 30.7 Å². The highest BCUT2D eigenvalue weighted by molar-refractivity contribution is 8.01. The van der Waals surface area contributed by atoms with Gasteiger partial charge in [-0.1, -0.05) is 23.2 Å². The van der Waals surface area contributed by atoms with E-state index in [1.54, 1.807) is 16.7 Å². The van der Waals surface area contributed by atoms with Gasteiger partial charge in [-0.25, -0.2) is 0 Å². The molecular weight excluding hydrogens is 333 g/mol. The molecule has 0 bridgehead atoms. The number of nitrogens with one attached hydrogen (secondary N) is 1. The lowest BCUT2D eigenvalue weighted by Crippen LogP contribution is -2.48. The first-order chi connectivity index (χ1) is 9.92. The van der Waals surface area contributed by atoms with Crippen molar-refractivity contribution in [3.63, 3.8) is 0 Å². The Morgan fingerprint density at radius 3 is 3.05 bits per heavy atom. The van der Waals surface area contributed by atoms with Crippen molar-refractivity contribution in [3.8, 4) is 0 Å². The Morgan fingerprint density at radius 2 is 2.29 bits per heavy atom. The summed E-state index contributed by atoms with van der Waals surface area (Å²) < 4.78 is 0. The SMILES string of the molecule is C[C@]12CCC(=O)N1[C@H](C(=O)Nc1cncc(Cl)c1Cl)CS2. The van der Waals surface area contributed by atoms with Crippen LogP contribution in [0.5, 0.6) is 0 Å². The zero-order valence-electron chi connectivity index (χ0n) is 11.2. The molecule has 2 atom stereocenters. The minimum absolute atomic E-state index is 0.0259. The number of carbonyl (C=O) groups excluding carboxylic acids is 2. The first kappa shape index (κ1) is 14.9. The number of halogens is 2. The Kier molecular flexibility index (Phi) is 3.80. The van der Waals surface area contributed by atoms with Crippen LogP contribution in [0.15, 0.2) is 12.4 Å². The first-order valence-corrected chi connectivity index (χ1v) is 8.22. The van der Waals surface area contributed by atoms with Gasteiger partial charge < -0.3 is 10.2 Å². The summed E-state index contributed by atoms with van der Waals surface area (Å²) >= 11 is 13.6. The number of amides is 2. The number of aromatic nitrogens is 1. The van der Waals surface area contributed by atoms with Crippen molar-refractivity contribution in [3.05, 3.63) is 22.4 Å². The molecule has 0 saturated carbocycles. The molecule has 1 N–H and O–H groups in total. The van der Waals surface area contributed by atoms with Crippen LogP contribution in [0.3, 0.4) is 0 Å². The lowest BCUT2D eigenvalue weighted by atomic mass is 10.2. The van der Waals surface area contributed by atoms with Crippen molar-refractivity contribution >= 4 is 52.5 Å². The predicted molar refractivity (Wildman–Crippen MR) is 83.6 cm³/mol. The number of pyridine rings is 1. The molecule has 3 rings (SSSR count). The van der Waals surface area contributed by atoms with Crippen LogP contribution >= 0.6 is 35.0 Å². The molecule has 0 spiro atoms. The zero-order valence-corrected chi connectivity index (χ0v) is 13.6. The van der Waals surface area contributed by atoms with Gasteiger partial charge in [-0.2, -0.15) is 0 Å². The van der Waals surface area contributed by atoms with Crippen molar-refractivity contribution < 1.29 is 9.59 Å². The van der Waals surface area contributed by atoms with Gasteiger partial charge in [0.15, 0.2) is 0 Å². The molecule has 5 nitrogen and oxygen atoms in total. The molecule has 21 heavy (non-hydrogen) atoms. The van der Waals surface area contributed by atoms with Crippen LogP contribution in [0.2, 0.25) is 10.0 Å². The van der Waals surface area contributed by atoms with Crippen LogP contribution in [0.25, 0.3) is 0 Å². The summed E-state index contributed by atoms with van der Waals surface area (Å²) in [7, 11) is 0. The van der Waals surface area contributed by atoms with E-state index < -0.39 is 6.04 Å². The molecule has 0 aromatic carbocycles. The van der Waals surface area contributed by atoms with Crippen LogP contribution in [-0.4, -0.2) is 38.4 Å². The number of hydrogen-bond acceptors (Lipinski definition) is 4. The van der Waals surface area contributed by atoms with Gasteiger partial charge in [0.2, 0.25) is 11.8 Å². The summed E-state index contributed by atoms with van der Waals surface area (Å²) in [6.45, 7) is 2.00. The topological polar surface area (TPSA) is 62.3 Å². The van der Waals surface area contributed by atoms with Gasteiger partial charge in [0.25, 0.3) is 0 Å². The van der Waals surface area contributed by atoms with E-state index in [1.807, 2.05) is 6.92 Å². The maximum atomic E-state index is 12.5. The second-order valence-corrected chi connectivity index (χ2v) is 7.52. The van der Waals surface area contributed by atoms with Crippen molar-refractivity contribution in [2.24, 2.45) is 0 Å². The van der Waals surface area contributed by atoms with E-state index in [4.69, 9.17) is 23.2 Å². The van der Waals surface area contributed by atoms with Gasteiger partial charge in [0, 0.05) is 18.4 Å². The highest BCUT2D eigenvalue weighted by atomic mass is 35.5. The Labute approximate surface area is 136 Å². The van der Waals surface area contributed by atoms with Gasteiger partial charge >= 0.3 is 0 Å². The van der Waals surface area contributed by atoms with Crippen LogP contribution in [0, 0.1) is 0 Å². The van der Waals surface area contributed by atoms with Gasteiger partial charge in [0.1, 0.15) is 6.04 Å². The standard InChI is InChI=1S/C13H13Cl2N3O2S/c1-13-3-2-10(19)18(13)9(6-21-13)12(20)17-8-5-16-4-7(14)11(8)15/h4-5,9H,2-3,6H2,1H3,(H,17,20)/t9-,13-/m0/s1. The van der Waals surface area contributed by atoms with E-state index in [-0.39, 0.29) is 26.7 Å². The third kappa shape index (κ3) is 2.49. The molecule has 1 aromatic heterocycles. The molecule has 2 amide bonds. The number of rotatable bonds is 2. The summed E-state index contributed by atoms with van der Waals surface area (Å²) in [5.74, 6) is 0.352. The molecular formula is C13H13Cl2N3O2S. The Morgan fingerprint density at radius 1 is 1.52 bits per heavy atom. The number of fused-ring (bicyclic) bond motifs is 1. The molecule has 0 radical (unpaired) electrons.